The second-order valence-corrected chi connectivity index (χ2v) is 2.63. The number of nitrogens with one attached hydrogen (secondary N) is 1. The molecule has 1 aromatic carbocycles. The number of ether oxygens (including phenoxy) is 1. The summed E-state index contributed by atoms with van der Waals surface area (Å²) in [7, 11) is 1.35. The lowest BCUT2D eigenvalue weighted by atomic mass is 10.1. The molecule has 0 spiro atoms. The van der Waals surface area contributed by atoms with Crippen molar-refractivity contribution >= 4 is 11.8 Å². The van der Waals surface area contributed by atoms with Gasteiger partial charge in [-0.25, -0.2) is 4.79 Å². The van der Waals surface area contributed by atoms with Gasteiger partial charge in [0.1, 0.15) is 0 Å². The van der Waals surface area contributed by atoms with Crippen molar-refractivity contribution in [3.05, 3.63) is 29.8 Å². The van der Waals surface area contributed by atoms with Crippen LogP contribution in [-0.2, 0) is 11.2 Å². The maximum Gasteiger partial charge on any atom is 0.411 e. The number of anilines is 1. The highest BCUT2D eigenvalue weighted by Gasteiger charge is 2.03. The van der Waals surface area contributed by atoms with Crippen LogP contribution >= 0.6 is 0 Å². The van der Waals surface area contributed by atoms with Gasteiger partial charge in [-0.2, -0.15) is 0 Å². The van der Waals surface area contributed by atoms with E-state index in [0.717, 1.165) is 17.7 Å². The van der Waals surface area contributed by atoms with Crippen LogP contribution in [-0.4, -0.2) is 13.2 Å². The number of carbonyl (C=O) groups excluding carboxylic acids is 1. The van der Waals surface area contributed by atoms with Gasteiger partial charge in [-0.3, -0.25) is 5.32 Å². The molecule has 1 amide bonds. The summed E-state index contributed by atoms with van der Waals surface area (Å²) < 4.78 is 4.50. The van der Waals surface area contributed by atoms with Gasteiger partial charge in [0.25, 0.3) is 0 Å². The fraction of sp³-hybridized carbons (Fsp3) is 0.300. The van der Waals surface area contributed by atoms with Gasteiger partial charge in [0, 0.05) is 5.69 Å². The number of hydrogen-bond acceptors (Lipinski definition) is 2. The molecule has 13 heavy (non-hydrogen) atoms. The Kier molecular flexibility index (Phi) is 3.31. The summed E-state index contributed by atoms with van der Waals surface area (Å²) in [4.78, 5) is 10.9. The van der Waals surface area contributed by atoms with Crippen LogP contribution in [0.4, 0.5) is 10.5 Å². The van der Waals surface area contributed by atoms with Crippen molar-refractivity contribution in [3.63, 3.8) is 0 Å². The van der Waals surface area contributed by atoms with Crippen LogP contribution < -0.4 is 5.32 Å². The lowest BCUT2D eigenvalue weighted by Gasteiger charge is -2.07. The summed E-state index contributed by atoms with van der Waals surface area (Å²) in [6, 6.07) is 7.66. The average Bonchev–Trinajstić information content (AvgIpc) is 2.18. The molecular weight excluding hydrogens is 166 g/mol. The van der Waals surface area contributed by atoms with Crippen molar-refractivity contribution < 1.29 is 9.53 Å². The SMILES string of the molecule is CCc1ccccc1NC(=O)OC. The molecule has 1 N–H and O–H groups in total. The van der Waals surface area contributed by atoms with Gasteiger partial charge in [-0.1, -0.05) is 25.1 Å². The minimum atomic E-state index is -0.430. The number of methoxy groups -OCH3 is 1. The minimum Gasteiger partial charge on any atom is -0.453 e. The largest absolute Gasteiger partial charge is 0.453 e. The number of amides is 1. The van der Waals surface area contributed by atoms with E-state index in [1.165, 1.54) is 7.11 Å². The fourth-order valence-corrected chi connectivity index (χ4v) is 1.11. The van der Waals surface area contributed by atoms with Gasteiger partial charge in [-0.05, 0) is 18.1 Å². The van der Waals surface area contributed by atoms with E-state index in [1.54, 1.807) is 0 Å². The predicted molar refractivity (Wildman–Crippen MR) is 51.8 cm³/mol. The van der Waals surface area contributed by atoms with Crippen LogP contribution in [0.5, 0.6) is 0 Å². The first-order valence-corrected chi connectivity index (χ1v) is 4.20. The maximum absolute atomic E-state index is 10.9. The van der Waals surface area contributed by atoms with E-state index in [-0.39, 0.29) is 0 Å². The van der Waals surface area contributed by atoms with Crippen molar-refractivity contribution in [1.82, 2.24) is 0 Å². The van der Waals surface area contributed by atoms with E-state index in [2.05, 4.69) is 10.1 Å². The molecule has 0 saturated carbocycles. The molecule has 1 rings (SSSR count). The lowest BCUT2D eigenvalue weighted by Crippen LogP contribution is -2.12. The van der Waals surface area contributed by atoms with E-state index in [0.29, 0.717) is 0 Å². The van der Waals surface area contributed by atoms with E-state index >= 15 is 0 Å². The van der Waals surface area contributed by atoms with Crippen molar-refractivity contribution in [2.45, 2.75) is 13.3 Å². The predicted octanol–water partition coefficient (Wildman–Crippen LogP) is 2.43. The number of benzene rings is 1. The van der Waals surface area contributed by atoms with Crippen LogP contribution in [0, 0.1) is 0 Å². The van der Waals surface area contributed by atoms with Gasteiger partial charge < -0.3 is 4.74 Å². The minimum absolute atomic E-state index is 0.430. The smallest absolute Gasteiger partial charge is 0.411 e. The fourth-order valence-electron chi connectivity index (χ4n) is 1.11. The number of para-hydroxylation sites is 1. The van der Waals surface area contributed by atoms with Crippen LogP contribution in [0.25, 0.3) is 0 Å². The van der Waals surface area contributed by atoms with Crippen molar-refractivity contribution in [2.24, 2.45) is 0 Å². The van der Waals surface area contributed by atoms with Crippen molar-refractivity contribution in [1.29, 1.82) is 0 Å². The first kappa shape index (κ1) is 9.58. The third kappa shape index (κ3) is 2.47. The van der Waals surface area contributed by atoms with Crippen LogP contribution in [0.15, 0.2) is 24.3 Å². The molecule has 0 heterocycles. The second-order valence-electron chi connectivity index (χ2n) is 2.63. The average molecular weight is 179 g/mol. The zero-order valence-electron chi connectivity index (χ0n) is 7.83. The Bertz CT molecular complexity index is 297. The van der Waals surface area contributed by atoms with Crippen molar-refractivity contribution in [3.8, 4) is 0 Å². The highest BCUT2D eigenvalue weighted by molar-refractivity contribution is 5.85. The first-order valence-electron chi connectivity index (χ1n) is 4.20. The number of carbonyl (C=O) groups is 1. The van der Waals surface area contributed by atoms with E-state index < -0.39 is 6.09 Å². The number of rotatable bonds is 2. The van der Waals surface area contributed by atoms with Crippen LogP contribution in [0.2, 0.25) is 0 Å². The van der Waals surface area contributed by atoms with Crippen LogP contribution in [0.3, 0.4) is 0 Å². The summed E-state index contributed by atoms with van der Waals surface area (Å²) in [5.74, 6) is 0. The Balaban J connectivity index is 2.81. The normalized spacial score (nSPS) is 9.38. The van der Waals surface area contributed by atoms with Crippen LogP contribution in [0.1, 0.15) is 12.5 Å². The van der Waals surface area contributed by atoms with Gasteiger partial charge in [0.05, 0.1) is 7.11 Å². The summed E-state index contributed by atoms with van der Waals surface area (Å²) in [5, 5.41) is 2.65. The molecule has 3 heteroatoms. The zero-order valence-corrected chi connectivity index (χ0v) is 7.83. The summed E-state index contributed by atoms with van der Waals surface area (Å²) in [5.41, 5.74) is 1.92. The Hall–Kier alpha value is -1.51. The second kappa shape index (κ2) is 4.50. The third-order valence-electron chi connectivity index (χ3n) is 1.82. The van der Waals surface area contributed by atoms with Gasteiger partial charge in [0.2, 0.25) is 0 Å². The molecule has 1 aromatic rings. The topological polar surface area (TPSA) is 38.3 Å². The molecule has 70 valence electrons. The standard InChI is InChI=1S/C10H13NO2/c1-3-8-6-4-5-7-9(8)11-10(12)13-2/h4-7H,3H2,1-2H3,(H,11,12). The first-order chi connectivity index (χ1) is 6.27. The third-order valence-corrected chi connectivity index (χ3v) is 1.82. The molecule has 0 saturated heterocycles. The van der Waals surface area contributed by atoms with Gasteiger partial charge in [-0.15, -0.1) is 0 Å². The quantitative estimate of drug-likeness (QED) is 0.757. The van der Waals surface area contributed by atoms with E-state index in [9.17, 15) is 4.79 Å². The molecule has 0 atom stereocenters. The van der Waals surface area contributed by atoms with E-state index in [4.69, 9.17) is 0 Å². The Morgan fingerprint density at radius 3 is 2.77 bits per heavy atom. The maximum atomic E-state index is 10.9. The highest BCUT2D eigenvalue weighted by atomic mass is 16.5. The molecule has 0 fully saturated rings. The molecule has 0 bridgehead atoms. The van der Waals surface area contributed by atoms with Gasteiger partial charge in [0.15, 0.2) is 0 Å². The molecule has 0 radical (unpaired) electrons. The molecular formula is C10H13NO2. The highest BCUT2D eigenvalue weighted by Crippen LogP contribution is 2.15. The Labute approximate surface area is 77.7 Å². The Morgan fingerprint density at radius 1 is 1.46 bits per heavy atom. The summed E-state index contributed by atoms with van der Waals surface area (Å²) >= 11 is 0. The van der Waals surface area contributed by atoms with Gasteiger partial charge >= 0.3 is 6.09 Å². The number of hydrogen-bond donors (Lipinski definition) is 1. The molecule has 0 aliphatic carbocycles. The monoisotopic (exact) mass is 179 g/mol. The summed E-state index contributed by atoms with van der Waals surface area (Å²) in [6.45, 7) is 2.04. The van der Waals surface area contributed by atoms with Crippen molar-refractivity contribution in [2.75, 3.05) is 12.4 Å². The molecule has 0 aliphatic heterocycles. The summed E-state index contributed by atoms with van der Waals surface area (Å²) in [6.07, 6.45) is 0.459. The zero-order chi connectivity index (χ0) is 9.68. The number of aryl methyl sites for hydroxylation is 1. The van der Waals surface area contributed by atoms with E-state index in [1.807, 2.05) is 31.2 Å². The lowest BCUT2D eigenvalue weighted by molar-refractivity contribution is 0.187. The Morgan fingerprint density at radius 2 is 2.15 bits per heavy atom. The molecule has 0 aliphatic rings. The molecule has 0 unspecified atom stereocenters. The molecule has 3 nitrogen and oxygen atoms in total. The molecule has 0 aromatic heterocycles.